The molecule has 1 saturated carbocycles. The second kappa shape index (κ2) is 7.09. The zero-order valence-corrected chi connectivity index (χ0v) is 14.8. The highest BCUT2D eigenvalue weighted by atomic mass is 16.5. The summed E-state index contributed by atoms with van der Waals surface area (Å²) in [5.74, 6) is 0.839. The van der Waals surface area contributed by atoms with Crippen LogP contribution in [0.5, 0.6) is 5.88 Å². The molecule has 6 heteroatoms. The van der Waals surface area contributed by atoms with Crippen molar-refractivity contribution in [3.8, 4) is 5.88 Å². The van der Waals surface area contributed by atoms with Crippen LogP contribution in [0.25, 0.3) is 0 Å². The highest BCUT2D eigenvalue weighted by molar-refractivity contribution is 5.93. The molecule has 1 aliphatic rings. The number of pyridine rings is 2. The monoisotopic (exact) mass is 341 g/mol. The molecule has 0 bridgehead atoms. The molecule has 0 spiro atoms. The first-order valence-corrected chi connectivity index (χ1v) is 8.46. The smallest absolute Gasteiger partial charge is 0.263 e. The Hall–Kier alpha value is -2.63. The molecule has 3 rings (SSSR count). The third kappa shape index (κ3) is 3.73. The van der Waals surface area contributed by atoms with Gasteiger partial charge in [-0.25, -0.2) is 4.98 Å². The Kier molecular flexibility index (Phi) is 4.88. The Bertz CT molecular complexity index is 827. The summed E-state index contributed by atoms with van der Waals surface area (Å²) in [4.78, 5) is 31.2. The van der Waals surface area contributed by atoms with E-state index in [0.717, 1.165) is 18.4 Å². The molecule has 6 nitrogen and oxygen atoms in total. The number of rotatable bonds is 6. The second-order valence-electron chi connectivity index (χ2n) is 6.56. The predicted molar refractivity (Wildman–Crippen MR) is 94.9 cm³/mol. The van der Waals surface area contributed by atoms with Gasteiger partial charge in [0, 0.05) is 31.5 Å². The third-order valence-electron chi connectivity index (χ3n) is 4.85. The number of carbonyl (C=O) groups is 1. The van der Waals surface area contributed by atoms with Crippen molar-refractivity contribution in [2.24, 2.45) is 5.92 Å². The summed E-state index contributed by atoms with van der Waals surface area (Å²) in [6.07, 6.45) is 5.64. The summed E-state index contributed by atoms with van der Waals surface area (Å²) >= 11 is 0. The van der Waals surface area contributed by atoms with Gasteiger partial charge in [-0.3, -0.25) is 9.59 Å². The van der Waals surface area contributed by atoms with E-state index in [1.807, 2.05) is 13.0 Å². The molecule has 0 unspecified atom stereocenters. The maximum Gasteiger partial charge on any atom is 0.263 e. The number of ether oxygens (including phenoxy) is 1. The molecule has 25 heavy (non-hydrogen) atoms. The number of methoxy groups -OCH3 is 1. The normalized spacial score (nSPS) is 14.8. The fraction of sp³-hybridized carbons (Fsp3) is 0.421. The number of hydrogen-bond donors (Lipinski definition) is 0. The number of amides is 1. The zero-order valence-electron chi connectivity index (χ0n) is 14.8. The highest BCUT2D eigenvalue weighted by Gasteiger charge is 2.33. The van der Waals surface area contributed by atoms with Gasteiger partial charge in [-0.05, 0) is 49.4 Å². The molecule has 0 radical (unpaired) electrons. The van der Waals surface area contributed by atoms with E-state index in [-0.39, 0.29) is 23.1 Å². The molecule has 0 N–H and O–H groups in total. The first-order valence-electron chi connectivity index (χ1n) is 8.46. The standard InChI is InChI=1S/C19H23N3O3/c1-13(15-6-7-15)21(2)18(23)16-5-4-10-22(19(16)24)12-14-8-9-20-17(11-14)25-3/h4-5,8-11,13,15H,6-7,12H2,1-3H3/t13-/m1/s1. The van der Waals surface area contributed by atoms with Crippen LogP contribution in [0.15, 0.2) is 41.5 Å². The van der Waals surface area contributed by atoms with Crippen LogP contribution in [0.3, 0.4) is 0 Å². The van der Waals surface area contributed by atoms with Gasteiger partial charge < -0.3 is 14.2 Å². The van der Waals surface area contributed by atoms with Gasteiger partial charge in [-0.2, -0.15) is 0 Å². The van der Waals surface area contributed by atoms with E-state index in [1.54, 1.807) is 49.7 Å². The van der Waals surface area contributed by atoms with Crippen LogP contribution in [0.4, 0.5) is 0 Å². The quantitative estimate of drug-likeness (QED) is 0.808. The fourth-order valence-corrected chi connectivity index (χ4v) is 2.95. The molecule has 0 aliphatic heterocycles. The van der Waals surface area contributed by atoms with Gasteiger partial charge in [-0.15, -0.1) is 0 Å². The van der Waals surface area contributed by atoms with E-state index in [4.69, 9.17) is 4.74 Å². The van der Waals surface area contributed by atoms with Crippen LogP contribution >= 0.6 is 0 Å². The SMILES string of the molecule is COc1cc(Cn2cccc(C(=O)N(C)[C@H](C)C3CC3)c2=O)ccn1. The van der Waals surface area contributed by atoms with Gasteiger partial charge in [0.2, 0.25) is 5.88 Å². The average Bonchev–Trinajstić information content (AvgIpc) is 3.47. The Labute approximate surface area is 147 Å². The minimum absolute atomic E-state index is 0.157. The summed E-state index contributed by atoms with van der Waals surface area (Å²) in [6, 6.07) is 7.10. The van der Waals surface area contributed by atoms with Gasteiger partial charge in [0.05, 0.1) is 13.7 Å². The first kappa shape index (κ1) is 17.2. The third-order valence-corrected chi connectivity index (χ3v) is 4.85. The Morgan fingerprint density at radius 2 is 2.20 bits per heavy atom. The van der Waals surface area contributed by atoms with E-state index in [0.29, 0.717) is 18.3 Å². The number of nitrogens with zero attached hydrogens (tertiary/aromatic N) is 3. The van der Waals surface area contributed by atoms with Crippen molar-refractivity contribution < 1.29 is 9.53 Å². The maximum absolute atomic E-state index is 12.8. The van der Waals surface area contributed by atoms with Gasteiger partial charge in [-0.1, -0.05) is 0 Å². The highest BCUT2D eigenvalue weighted by Crippen LogP contribution is 2.34. The molecule has 2 heterocycles. The first-order chi connectivity index (χ1) is 12.0. The molecule has 2 aromatic heterocycles. The summed E-state index contributed by atoms with van der Waals surface area (Å²) < 4.78 is 6.65. The van der Waals surface area contributed by atoms with Crippen LogP contribution < -0.4 is 10.3 Å². The minimum atomic E-state index is -0.280. The molecule has 1 amide bonds. The van der Waals surface area contributed by atoms with Gasteiger partial charge in [0.1, 0.15) is 5.56 Å². The summed E-state index contributed by atoms with van der Waals surface area (Å²) in [5, 5.41) is 0. The Balaban J connectivity index is 1.84. The lowest BCUT2D eigenvalue weighted by Crippen LogP contribution is -2.40. The van der Waals surface area contributed by atoms with Crippen LogP contribution in [-0.2, 0) is 6.54 Å². The van der Waals surface area contributed by atoms with E-state index in [2.05, 4.69) is 4.98 Å². The van der Waals surface area contributed by atoms with Crippen LogP contribution in [0, 0.1) is 5.92 Å². The van der Waals surface area contributed by atoms with Gasteiger partial charge in [0.25, 0.3) is 11.5 Å². The van der Waals surface area contributed by atoms with Crippen molar-refractivity contribution >= 4 is 5.91 Å². The minimum Gasteiger partial charge on any atom is -0.481 e. The van der Waals surface area contributed by atoms with Crippen molar-refractivity contribution in [1.29, 1.82) is 0 Å². The van der Waals surface area contributed by atoms with E-state index in [1.165, 1.54) is 4.57 Å². The lowest BCUT2D eigenvalue weighted by atomic mass is 10.1. The summed E-state index contributed by atoms with van der Waals surface area (Å²) in [7, 11) is 3.32. The van der Waals surface area contributed by atoms with E-state index < -0.39 is 0 Å². The molecule has 1 aliphatic carbocycles. The fourth-order valence-electron chi connectivity index (χ4n) is 2.95. The van der Waals surface area contributed by atoms with Gasteiger partial charge >= 0.3 is 0 Å². The Morgan fingerprint density at radius 3 is 2.88 bits per heavy atom. The van der Waals surface area contributed by atoms with Crippen LogP contribution in [0.1, 0.15) is 35.7 Å². The lowest BCUT2D eigenvalue weighted by molar-refractivity contribution is 0.0725. The molecule has 1 atom stereocenters. The van der Waals surface area contributed by atoms with Crippen molar-refractivity contribution in [2.75, 3.05) is 14.2 Å². The molecule has 2 aromatic rings. The lowest BCUT2D eigenvalue weighted by Gasteiger charge is -2.24. The summed E-state index contributed by atoms with van der Waals surface area (Å²) in [5.41, 5.74) is 0.815. The molecule has 0 saturated heterocycles. The number of hydrogen-bond acceptors (Lipinski definition) is 4. The van der Waals surface area contributed by atoms with Crippen molar-refractivity contribution in [3.63, 3.8) is 0 Å². The largest absolute Gasteiger partial charge is 0.481 e. The van der Waals surface area contributed by atoms with Crippen molar-refractivity contribution in [2.45, 2.75) is 32.4 Å². The average molecular weight is 341 g/mol. The number of aromatic nitrogens is 2. The molecule has 0 aromatic carbocycles. The summed E-state index contributed by atoms with van der Waals surface area (Å²) in [6.45, 7) is 2.40. The van der Waals surface area contributed by atoms with E-state index >= 15 is 0 Å². The van der Waals surface area contributed by atoms with Crippen molar-refractivity contribution in [3.05, 3.63) is 58.1 Å². The van der Waals surface area contributed by atoms with Gasteiger partial charge in [0.15, 0.2) is 0 Å². The Morgan fingerprint density at radius 1 is 1.44 bits per heavy atom. The predicted octanol–water partition coefficient (Wildman–Crippen LogP) is 2.17. The number of carbonyl (C=O) groups excluding carboxylic acids is 1. The molecular weight excluding hydrogens is 318 g/mol. The topological polar surface area (TPSA) is 64.4 Å². The zero-order chi connectivity index (χ0) is 18.0. The van der Waals surface area contributed by atoms with Crippen molar-refractivity contribution in [1.82, 2.24) is 14.5 Å². The molecular formula is C19H23N3O3. The maximum atomic E-state index is 12.8. The van der Waals surface area contributed by atoms with Crippen LogP contribution in [0.2, 0.25) is 0 Å². The van der Waals surface area contributed by atoms with Crippen LogP contribution in [-0.4, -0.2) is 40.6 Å². The van der Waals surface area contributed by atoms with E-state index in [9.17, 15) is 9.59 Å². The molecule has 1 fully saturated rings. The molecule has 132 valence electrons. The second-order valence-corrected chi connectivity index (χ2v) is 6.56.